The SMILES string of the molecule is CCN(CC)CCNc1nc(-c2ccc(Cl)cc2)nc2c1oc1ccccc12. The van der Waals surface area contributed by atoms with Gasteiger partial charge in [0.25, 0.3) is 0 Å². The van der Waals surface area contributed by atoms with Crippen molar-refractivity contribution in [2.45, 2.75) is 13.8 Å². The molecule has 28 heavy (non-hydrogen) atoms. The topological polar surface area (TPSA) is 54.2 Å². The first-order valence-corrected chi connectivity index (χ1v) is 9.98. The number of hydrogen-bond donors (Lipinski definition) is 1. The van der Waals surface area contributed by atoms with Gasteiger partial charge in [0.05, 0.1) is 0 Å². The number of furan rings is 1. The van der Waals surface area contributed by atoms with Gasteiger partial charge in [-0.2, -0.15) is 0 Å². The fourth-order valence-corrected chi connectivity index (χ4v) is 3.44. The number of para-hydroxylation sites is 1. The van der Waals surface area contributed by atoms with Gasteiger partial charge < -0.3 is 14.6 Å². The van der Waals surface area contributed by atoms with Crippen LogP contribution in [0.5, 0.6) is 0 Å². The number of likely N-dealkylation sites (N-methyl/N-ethyl adjacent to an activating group) is 1. The van der Waals surface area contributed by atoms with Crippen LogP contribution in [0.3, 0.4) is 0 Å². The third-order valence-corrected chi connectivity index (χ3v) is 5.19. The first kappa shape index (κ1) is 18.7. The van der Waals surface area contributed by atoms with Gasteiger partial charge in [-0.3, -0.25) is 0 Å². The van der Waals surface area contributed by atoms with Gasteiger partial charge in [0.15, 0.2) is 17.2 Å². The number of halogens is 1. The van der Waals surface area contributed by atoms with Crippen LogP contribution in [0.4, 0.5) is 5.82 Å². The zero-order valence-corrected chi connectivity index (χ0v) is 16.8. The number of benzene rings is 2. The highest BCUT2D eigenvalue weighted by Gasteiger charge is 2.16. The zero-order chi connectivity index (χ0) is 19.5. The van der Waals surface area contributed by atoms with Gasteiger partial charge in [-0.1, -0.05) is 37.6 Å². The number of aromatic nitrogens is 2. The Morgan fingerprint density at radius 2 is 1.75 bits per heavy atom. The summed E-state index contributed by atoms with van der Waals surface area (Å²) in [6.07, 6.45) is 0. The van der Waals surface area contributed by atoms with E-state index in [9.17, 15) is 0 Å². The lowest BCUT2D eigenvalue weighted by atomic mass is 10.2. The van der Waals surface area contributed by atoms with Crippen molar-refractivity contribution < 1.29 is 4.42 Å². The van der Waals surface area contributed by atoms with Crippen LogP contribution in [0.15, 0.2) is 52.9 Å². The maximum atomic E-state index is 6.08. The smallest absolute Gasteiger partial charge is 0.196 e. The molecular weight excluding hydrogens is 372 g/mol. The molecule has 0 aliphatic rings. The lowest BCUT2D eigenvalue weighted by molar-refractivity contribution is 0.316. The summed E-state index contributed by atoms with van der Waals surface area (Å²) < 4.78 is 6.08. The minimum Gasteiger partial charge on any atom is -0.450 e. The Hall–Kier alpha value is -2.63. The van der Waals surface area contributed by atoms with Crippen molar-refractivity contribution in [3.8, 4) is 11.4 Å². The summed E-state index contributed by atoms with van der Waals surface area (Å²) in [5, 5.41) is 5.14. The van der Waals surface area contributed by atoms with E-state index in [4.69, 9.17) is 26.0 Å². The highest BCUT2D eigenvalue weighted by atomic mass is 35.5. The lowest BCUT2D eigenvalue weighted by Gasteiger charge is -2.18. The van der Waals surface area contributed by atoms with Crippen molar-refractivity contribution >= 4 is 39.5 Å². The van der Waals surface area contributed by atoms with Crippen LogP contribution in [-0.2, 0) is 0 Å². The molecule has 0 amide bonds. The summed E-state index contributed by atoms with van der Waals surface area (Å²) in [7, 11) is 0. The third kappa shape index (κ3) is 3.68. The van der Waals surface area contributed by atoms with Crippen LogP contribution in [0, 0.1) is 0 Å². The molecule has 2 aromatic heterocycles. The second kappa shape index (κ2) is 8.17. The lowest BCUT2D eigenvalue weighted by Crippen LogP contribution is -2.28. The molecule has 2 heterocycles. The standard InChI is InChI=1S/C22H23ClN4O/c1-3-27(4-2)14-13-24-22-20-19(17-7-5-6-8-18(17)28-20)25-21(26-22)15-9-11-16(23)12-10-15/h5-12H,3-4,13-14H2,1-2H3,(H,24,25,26). The molecule has 4 aromatic rings. The summed E-state index contributed by atoms with van der Waals surface area (Å²) in [6.45, 7) is 8.12. The molecule has 4 rings (SSSR count). The monoisotopic (exact) mass is 394 g/mol. The third-order valence-electron chi connectivity index (χ3n) is 4.94. The quantitative estimate of drug-likeness (QED) is 0.451. The van der Waals surface area contributed by atoms with Gasteiger partial charge in [-0.05, 0) is 49.5 Å². The molecule has 0 saturated carbocycles. The Labute approximate surface area is 169 Å². The van der Waals surface area contributed by atoms with Crippen LogP contribution >= 0.6 is 11.6 Å². The molecule has 2 aromatic carbocycles. The molecule has 144 valence electrons. The van der Waals surface area contributed by atoms with Gasteiger partial charge >= 0.3 is 0 Å². The second-order valence-corrected chi connectivity index (χ2v) is 7.07. The van der Waals surface area contributed by atoms with E-state index in [2.05, 4.69) is 24.1 Å². The predicted molar refractivity (Wildman–Crippen MR) is 116 cm³/mol. The van der Waals surface area contributed by atoms with E-state index in [-0.39, 0.29) is 0 Å². The van der Waals surface area contributed by atoms with E-state index in [1.54, 1.807) is 0 Å². The van der Waals surface area contributed by atoms with Crippen molar-refractivity contribution in [3.05, 3.63) is 53.6 Å². The molecule has 0 unspecified atom stereocenters. The van der Waals surface area contributed by atoms with E-state index in [1.807, 2.05) is 48.5 Å². The van der Waals surface area contributed by atoms with Gasteiger partial charge in [-0.15, -0.1) is 0 Å². The highest BCUT2D eigenvalue weighted by Crippen LogP contribution is 2.33. The Morgan fingerprint density at radius 3 is 2.50 bits per heavy atom. The van der Waals surface area contributed by atoms with Gasteiger partial charge in [0, 0.05) is 29.1 Å². The van der Waals surface area contributed by atoms with Crippen molar-refractivity contribution in [1.82, 2.24) is 14.9 Å². The Balaban J connectivity index is 1.78. The average Bonchev–Trinajstić information content (AvgIpc) is 3.10. The van der Waals surface area contributed by atoms with Crippen molar-refractivity contribution in [3.63, 3.8) is 0 Å². The van der Waals surface area contributed by atoms with Gasteiger partial charge in [0.1, 0.15) is 11.1 Å². The van der Waals surface area contributed by atoms with E-state index >= 15 is 0 Å². The fourth-order valence-electron chi connectivity index (χ4n) is 3.31. The largest absolute Gasteiger partial charge is 0.450 e. The van der Waals surface area contributed by atoms with E-state index < -0.39 is 0 Å². The molecule has 0 bridgehead atoms. The molecule has 0 aliphatic carbocycles. The van der Waals surface area contributed by atoms with Gasteiger partial charge in [-0.25, -0.2) is 9.97 Å². The van der Waals surface area contributed by atoms with Crippen LogP contribution in [0.2, 0.25) is 5.02 Å². The molecular formula is C22H23ClN4O. The fraction of sp³-hybridized carbons (Fsp3) is 0.273. The Bertz CT molecular complexity index is 1090. The summed E-state index contributed by atoms with van der Waals surface area (Å²) in [6, 6.07) is 15.5. The summed E-state index contributed by atoms with van der Waals surface area (Å²) in [5.41, 5.74) is 3.24. The first-order chi connectivity index (χ1) is 13.7. The Kier molecular flexibility index (Phi) is 5.46. The number of fused-ring (bicyclic) bond motifs is 3. The molecule has 1 N–H and O–H groups in total. The second-order valence-electron chi connectivity index (χ2n) is 6.63. The van der Waals surface area contributed by atoms with Gasteiger partial charge in [0.2, 0.25) is 0 Å². The Morgan fingerprint density at radius 1 is 1.00 bits per heavy atom. The molecule has 0 radical (unpaired) electrons. The average molecular weight is 395 g/mol. The highest BCUT2D eigenvalue weighted by molar-refractivity contribution is 6.30. The minimum absolute atomic E-state index is 0.654. The van der Waals surface area contributed by atoms with E-state index in [0.717, 1.165) is 54.0 Å². The molecule has 0 saturated heterocycles. The molecule has 0 spiro atoms. The molecule has 5 nitrogen and oxygen atoms in total. The molecule has 0 aliphatic heterocycles. The predicted octanol–water partition coefficient (Wildman–Crippen LogP) is 5.45. The summed E-state index contributed by atoms with van der Waals surface area (Å²) in [5.74, 6) is 1.37. The number of anilines is 1. The van der Waals surface area contributed by atoms with E-state index in [0.29, 0.717) is 16.4 Å². The van der Waals surface area contributed by atoms with Crippen molar-refractivity contribution in [1.29, 1.82) is 0 Å². The number of rotatable bonds is 7. The van der Waals surface area contributed by atoms with Crippen molar-refractivity contribution in [2.75, 3.05) is 31.5 Å². The normalized spacial score (nSPS) is 11.6. The molecule has 0 atom stereocenters. The number of nitrogens with zero attached hydrogens (tertiary/aromatic N) is 3. The maximum Gasteiger partial charge on any atom is 0.196 e. The van der Waals surface area contributed by atoms with Crippen LogP contribution < -0.4 is 5.32 Å². The van der Waals surface area contributed by atoms with Crippen molar-refractivity contribution in [2.24, 2.45) is 0 Å². The van der Waals surface area contributed by atoms with Crippen LogP contribution in [-0.4, -0.2) is 41.0 Å². The number of hydrogen-bond acceptors (Lipinski definition) is 5. The number of nitrogens with one attached hydrogen (secondary N) is 1. The van der Waals surface area contributed by atoms with Crippen LogP contribution in [0.25, 0.3) is 33.5 Å². The summed E-state index contributed by atoms with van der Waals surface area (Å²) >= 11 is 6.04. The molecule has 6 heteroatoms. The first-order valence-electron chi connectivity index (χ1n) is 9.61. The van der Waals surface area contributed by atoms with E-state index in [1.165, 1.54) is 0 Å². The maximum absolute atomic E-state index is 6.08. The molecule has 0 fully saturated rings. The van der Waals surface area contributed by atoms with Crippen LogP contribution in [0.1, 0.15) is 13.8 Å². The zero-order valence-electron chi connectivity index (χ0n) is 16.1. The summed E-state index contributed by atoms with van der Waals surface area (Å²) in [4.78, 5) is 11.9. The minimum atomic E-state index is 0.654.